The van der Waals surface area contributed by atoms with Crippen molar-refractivity contribution in [2.24, 2.45) is 0 Å². The lowest BCUT2D eigenvalue weighted by atomic mass is 10.0. The maximum Gasteiger partial charge on any atom is -0.00159 e. The Balaban J connectivity index is 2.56. The fraction of sp³-hybridized carbons (Fsp3) is 0.538. The Morgan fingerprint density at radius 2 is 2.08 bits per heavy atom. The van der Waals surface area contributed by atoms with E-state index in [9.17, 15) is 0 Å². The molecule has 1 aliphatic carbocycles. The largest absolute Gasteiger partial charge is 0.0877 e. The van der Waals surface area contributed by atoms with Gasteiger partial charge in [0.1, 0.15) is 0 Å². The smallest absolute Gasteiger partial charge is 0.00159 e. The molecule has 1 rings (SSSR count). The quantitative estimate of drug-likeness (QED) is 0.489. The highest BCUT2D eigenvalue weighted by atomic mass is 14.0. The number of hydrogen-bond donors (Lipinski definition) is 0. The molecule has 0 heterocycles. The molecular weight excluding hydrogens is 156 g/mol. The van der Waals surface area contributed by atoms with Crippen LogP contribution in [0.5, 0.6) is 0 Å². The van der Waals surface area contributed by atoms with Crippen molar-refractivity contribution in [3.63, 3.8) is 0 Å². The van der Waals surface area contributed by atoms with Gasteiger partial charge in [-0.2, -0.15) is 0 Å². The Bertz CT molecular complexity index is 257. The third-order valence-corrected chi connectivity index (χ3v) is 2.23. The summed E-state index contributed by atoms with van der Waals surface area (Å²) in [7, 11) is 0. The molecule has 0 unspecified atom stereocenters. The summed E-state index contributed by atoms with van der Waals surface area (Å²) in [6.45, 7) is 5.74. The highest BCUT2D eigenvalue weighted by molar-refractivity contribution is 5.35. The lowest BCUT2D eigenvalue weighted by Crippen LogP contribution is -1.87. The SMILES string of the molecule is C=C(C)C#C/C1=C/CCCCCC1. The van der Waals surface area contributed by atoms with Gasteiger partial charge >= 0.3 is 0 Å². The maximum absolute atomic E-state index is 3.78. The normalized spacial score (nSPS) is 21.5. The Morgan fingerprint density at radius 1 is 1.31 bits per heavy atom. The Kier molecular flexibility index (Phi) is 4.40. The van der Waals surface area contributed by atoms with Crippen LogP contribution >= 0.6 is 0 Å². The van der Waals surface area contributed by atoms with E-state index in [4.69, 9.17) is 0 Å². The van der Waals surface area contributed by atoms with Crippen molar-refractivity contribution in [3.05, 3.63) is 23.8 Å². The van der Waals surface area contributed by atoms with Gasteiger partial charge in [0.25, 0.3) is 0 Å². The van der Waals surface area contributed by atoms with Gasteiger partial charge in [0.05, 0.1) is 0 Å². The van der Waals surface area contributed by atoms with Gasteiger partial charge in [0.15, 0.2) is 0 Å². The topological polar surface area (TPSA) is 0 Å². The minimum atomic E-state index is 0.961. The van der Waals surface area contributed by atoms with E-state index in [1.165, 1.54) is 44.1 Å². The highest BCUT2D eigenvalue weighted by Crippen LogP contribution is 2.16. The lowest BCUT2D eigenvalue weighted by molar-refractivity contribution is 0.631. The summed E-state index contributed by atoms with van der Waals surface area (Å²) in [6.07, 6.45) is 10.1. The van der Waals surface area contributed by atoms with Crippen LogP contribution in [0.2, 0.25) is 0 Å². The van der Waals surface area contributed by atoms with E-state index in [-0.39, 0.29) is 0 Å². The fourth-order valence-electron chi connectivity index (χ4n) is 1.49. The van der Waals surface area contributed by atoms with E-state index in [2.05, 4.69) is 24.5 Å². The first-order chi connectivity index (χ1) is 6.29. The summed E-state index contributed by atoms with van der Waals surface area (Å²) in [4.78, 5) is 0. The van der Waals surface area contributed by atoms with Crippen LogP contribution in [0.3, 0.4) is 0 Å². The van der Waals surface area contributed by atoms with Crippen molar-refractivity contribution < 1.29 is 0 Å². The zero-order chi connectivity index (χ0) is 9.52. The molecule has 0 aromatic heterocycles. The molecule has 0 heteroatoms. The van der Waals surface area contributed by atoms with Crippen molar-refractivity contribution >= 4 is 0 Å². The summed E-state index contributed by atoms with van der Waals surface area (Å²) in [5.74, 6) is 6.25. The summed E-state index contributed by atoms with van der Waals surface area (Å²) in [5.41, 5.74) is 2.28. The zero-order valence-electron chi connectivity index (χ0n) is 8.53. The van der Waals surface area contributed by atoms with Gasteiger partial charge in [-0.1, -0.05) is 37.3 Å². The van der Waals surface area contributed by atoms with Crippen LogP contribution in [-0.4, -0.2) is 0 Å². The number of rotatable bonds is 0. The van der Waals surface area contributed by atoms with Crippen molar-refractivity contribution in [2.75, 3.05) is 0 Å². The standard InChI is InChI=1S/C13H18/c1-12(2)10-11-13-8-6-4-3-5-7-9-13/h8H,1,3-7,9H2,2H3/b13-8+. The Labute approximate surface area is 81.7 Å². The first kappa shape index (κ1) is 10.1. The molecule has 0 spiro atoms. The molecule has 0 radical (unpaired) electrons. The summed E-state index contributed by atoms with van der Waals surface area (Å²) >= 11 is 0. The molecule has 0 amide bonds. The Morgan fingerprint density at radius 3 is 2.85 bits per heavy atom. The third-order valence-electron chi connectivity index (χ3n) is 2.23. The van der Waals surface area contributed by atoms with Gasteiger partial charge in [-0.3, -0.25) is 0 Å². The second kappa shape index (κ2) is 5.65. The molecule has 0 aromatic rings. The fourth-order valence-corrected chi connectivity index (χ4v) is 1.49. The van der Waals surface area contributed by atoms with E-state index in [0.29, 0.717) is 0 Å². The second-order valence-electron chi connectivity index (χ2n) is 3.71. The average Bonchev–Trinajstić information content (AvgIpc) is 2.01. The van der Waals surface area contributed by atoms with Crippen molar-refractivity contribution in [2.45, 2.75) is 45.4 Å². The molecule has 0 atom stereocenters. The van der Waals surface area contributed by atoms with Crippen LogP contribution in [0.4, 0.5) is 0 Å². The number of hydrogen-bond acceptors (Lipinski definition) is 0. The van der Waals surface area contributed by atoms with E-state index >= 15 is 0 Å². The van der Waals surface area contributed by atoms with E-state index < -0.39 is 0 Å². The molecule has 1 aliphatic rings. The third kappa shape index (κ3) is 4.58. The number of allylic oxidation sites excluding steroid dienone is 3. The van der Waals surface area contributed by atoms with Gasteiger partial charge in [0, 0.05) is 0 Å². The van der Waals surface area contributed by atoms with Crippen LogP contribution in [0, 0.1) is 11.8 Å². The predicted octanol–water partition coefficient (Wildman–Crippen LogP) is 3.85. The van der Waals surface area contributed by atoms with Crippen molar-refractivity contribution in [1.82, 2.24) is 0 Å². The maximum atomic E-state index is 3.78. The van der Waals surface area contributed by atoms with E-state index in [0.717, 1.165) is 5.57 Å². The van der Waals surface area contributed by atoms with Gasteiger partial charge in [-0.25, -0.2) is 0 Å². The van der Waals surface area contributed by atoms with Crippen LogP contribution < -0.4 is 0 Å². The average molecular weight is 174 g/mol. The van der Waals surface area contributed by atoms with Gasteiger partial charge in [0.2, 0.25) is 0 Å². The molecule has 0 bridgehead atoms. The van der Waals surface area contributed by atoms with Gasteiger partial charge < -0.3 is 0 Å². The molecule has 0 N–H and O–H groups in total. The second-order valence-corrected chi connectivity index (χ2v) is 3.71. The lowest BCUT2D eigenvalue weighted by Gasteiger charge is -2.05. The van der Waals surface area contributed by atoms with Crippen molar-refractivity contribution in [1.29, 1.82) is 0 Å². The monoisotopic (exact) mass is 174 g/mol. The van der Waals surface area contributed by atoms with E-state index in [1.54, 1.807) is 0 Å². The van der Waals surface area contributed by atoms with Crippen molar-refractivity contribution in [3.8, 4) is 11.8 Å². The molecule has 0 aromatic carbocycles. The Hall–Kier alpha value is -0.960. The summed E-state index contributed by atoms with van der Waals surface area (Å²) < 4.78 is 0. The molecule has 0 saturated heterocycles. The van der Waals surface area contributed by atoms with Crippen LogP contribution in [0.25, 0.3) is 0 Å². The molecule has 70 valence electrons. The molecule has 0 saturated carbocycles. The first-order valence-electron chi connectivity index (χ1n) is 5.15. The van der Waals surface area contributed by atoms with Gasteiger partial charge in [-0.15, -0.1) is 0 Å². The molecule has 13 heavy (non-hydrogen) atoms. The molecule has 0 fully saturated rings. The van der Waals surface area contributed by atoms with Crippen LogP contribution in [-0.2, 0) is 0 Å². The van der Waals surface area contributed by atoms with Crippen LogP contribution in [0.15, 0.2) is 23.8 Å². The minimum absolute atomic E-state index is 0.961. The molecule has 0 aliphatic heterocycles. The summed E-state index contributed by atoms with van der Waals surface area (Å²) in [6, 6.07) is 0. The van der Waals surface area contributed by atoms with E-state index in [1.807, 2.05) is 6.92 Å². The highest BCUT2D eigenvalue weighted by Gasteiger charge is 1.98. The van der Waals surface area contributed by atoms with Crippen LogP contribution in [0.1, 0.15) is 45.4 Å². The predicted molar refractivity (Wildman–Crippen MR) is 58.4 cm³/mol. The van der Waals surface area contributed by atoms with Gasteiger partial charge in [-0.05, 0) is 43.8 Å². The minimum Gasteiger partial charge on any atom is -0.0877 e. The molecule has 0 nitrogen and oxygen atoms in total. The molecular formula is C13H18. The zero-order valence-corrected chi connectivity index (χ0v) is 8.53. The summed E-state index contributed by atoms with van der Waals surface area (Å²) in [5, 5.41) is 0. The first-order valence-corrected chi connectivity index (χ1v) is 5.15.